The number of halogens is 2. The smallest absolute Gasteiger partial charge is 0.262 e. The van der Waals surface area contributed by atoms with Crippen LogP contribution in [0.5, 0.6) is 0 Å². The number of hydrogen-bond donors (Lipinski definition) is 0. The quantitative estimate of drug-likeness (QED) is 0.847. The van der Waals surface area contributed by atoms with Gasteiger partial charge in [-0.1, -0.05) is 11.6 Å². The summed E-state index contributed by atoms with van der Waals surface area (Å²) in [4.78, 5) is 8.10. The zero-order valence-corrected chi connectivity index (χ0v) is 9.93. The Hall–Kier alpha value is -0.520. The van der Waals surface area contributed by atoms with Crippen molar-refractivity contribution >= 4 is 39.3 Å². The molecule has 72 valence electrons. The van der Waals surface area contributed by atoms with E-state index in [-0.39, 0.29) is 0 Å². The van der Waals surface area contributed by atoms with Crippen LogP contribution in [0.1, 0.15) is 0 Å². The highest BCUT2D eigenvalue weighted by molar-refractivity contribution is 9.10. The minimum Gasteiger partial charge on any atom is -0.440 e. The first-order chi connectivity index (χ1) is 6.75. The number of nitrogens with zero attached hydrogens (tertiary/aromatic N) is 2. The van der Waals surface area contributed by atoms with E-state index in [2.05, 4.69) is 25.9 Å². The van der Waals surface area contributed by atoms with Crippen LogP contribution in [0.2, 0.25) is 5.02 Å². The van der Waals surface area contributed by atoms with Crippen molar-refractivity contribution in [1.29, 1.82) is 0 Å². The van der Waals surface area contributed by atoms with Gasteiger partial charge in [0, 0.05) is 10.7 Å². The third-order valence-corrected chi connectivity index (χ3v) is 3.10. The number of pyridine rings is 1. The van der Waals surface area contributed by atoms with Crippen molar-refractivity contribution in [2.24, 2.45) is 0 Å². The summed E-state index contributed by atoms with van der Waals surface area (Å²) in [6.07, 6.45) is 4.77. The molecule has 0 saturated carbocycles. The van der Waals surface area contributed by atoms with Crippen molar-refractivity contribution in [3.05, 3.63) is 34.2 Å². The number of rotatable bonds is 2. The fourth-order valence-corrected chi connectivity index (χ4v) is 2.21. The standard InChI is InChI=1S/C8H4BrClN2OS/c9-5-3-6(10)7(12-4-5)14-8-11-1-2-13-8/h1-4H. The minimum absolute atomic E-state index is 0.529. The Morgan fingerprint density at radius 1 is 1.43 bits per heavy atom. The second kappa shape index (κ2) is 4.33. The van der Waals surface area contributed by atoms with Gasteiger partial charge in [0.25, 0.3) is 5.22 Å². The van der Waals surface area contributed by atoms with Crippen LogP contribution >= 0.6 is 39.3 Å². The molecular formula is C8H4BrClN2OS. The van der Waals surface area contributed by atoms with Crippen molar-refractivity contribution < 1.29 is 4.42 Å². The average molecular weight is 292 g/mol. The van der Waals surface area contributed by atoms with Gasteiger partial charge in [-0.2, -0.15) is 0 Å². The van der Waals surface area contributed by atoms with Crippen LogP contribution in [-0.2, 0) is 0 Å². The van der Waals surface area contributed by atoms with Crippen molar-refractivity contribution in [3.63, 3.8) is 0 Å². The maximum absolute atomic E-state index is 5.96. The van der Waals surface area contributed by atoms with Crippen molar-refractivity contribution in [2.45, 2.75) is 10.2 Å². The molecule has 0 atom stereocenters. The van der Waals surface area contributed by atoms with Gasteiger partial charge in [0.05, 0.1) is 11.2 Å². The monoisotopic (exact) mass is 290 g/mol. The Morgan fingerprint density at radius 2 is 2.29 bits per heavy atom. The number of hydrogen-bond acceptors (Lipinski definition) is 4. The van der Waals surface area contributed by atoms with E-state index in [4.69, 9.17) is 16.0 Å². The topological polar surface area (TPSA) is 38.9 Å². The molecule has 2 heterocycles. The molecule has 2 rings (SSSR count). The summed E-state index contributed by atoms with van der Waals surface area (Å²) in [6, 6.07) is 1.78. The molecule has 0 unspecified atom stereocenters. The SMILES string of the molecule is Clc1cc(Br)cnc1Sc1ncco1. The van der Waals surface area contributed by atoms with Gasteiger partial charge in [0.2, 0.25) is 0 Å². The molecule has 0 aliphatic carbocycles. The highest BCUT2D eigenvalue weighted by Crippen LogP contribution is 2.31. The Bertz CT molecular complexity index is 435. The van der Waals surface area contributed by atoms with E-state index in [1.54, 1.807) is 18.5 Å². The second-order valence-corrected chi connectivity index (χ2v) is 4.60. The van der Waals surface area contributed by atoms with Gasteiger partial charge in [-0.25, -0.2) is 9.97 Å². The molecule has 2 aromatic heterocycles. The number of aromatic nitrogens is 2. The largest absolute Gasteiger partial charge is 0.440 e. The Morgan fingerprint density at radius 3 is 2.93 bits per heavy atom. The van der Waals surface area contributed by atoms with Gasteiger partial charge in [-0.3, -0.25) is 0 Å². The van der Waals surface area contributed by atoms with Crippen LogP contribution in [0, 0.1) is 0 Å². The lowest BCUT2D eigenvalue weighted by molar-refractivity contribution is 0.454. The zero-order chi connectivity index (χ0) is 9.97. The summed E-state index contributed by atoms with van der Waals surface area (Å²) in [5.74, 6) is 0. The third-order valence-electron chi connectivity index (χ3n) is 1.37. The average Bonchev–Trinajstić information content (AvgIpc) is 2.62. The fraction of sp³-hybridized carbons (Fsp3) is 0. The van der Waals surface area contributed by atoms with Crippen LogP contribution < -0.4 is 0 Å². The first-order valence-electron chi connectivity index (χ1n) is 3.64. The van der Waals surface area contributed by atoms with Gasteiger partial charge >= 0.3 is 0 Å². The molecule has 14 heavy (non-hydrogen) atoms. The minimum atomic E-state index is 0.529. The van der Waals surface area contributed by atoms with Crippen molar-refractivity contribution in [3.8, 4) is 0 Å². The molecule has 0 aliphatic rings. The summed E-state index contributed by atoms with van der Waals surface area (Å²) >= 11 is 10.5. The van der Waals surface area contributed by atoms with E-state index in [0.717, 1.165) is 4.47 Å². The second-order valence-electron chi connectivity index (χ2n) is 2.34. The van der Waals surface area contributed by atoms with E-state index < -0.39 is 0 Å². The first-order valence-corrected chi connectivity index (χ1v) is 5.63. The normalized spacial score (nSPS) is 10.4. The third kappa shape index (κ3) is 2.29. The van der Waals surface area contributed by atoms with E-state index >= 15 is 0 Å². The highest BCUT2D eigenvalue weighted by Gasteiger charge is 2.07. The Balaban J connectivity index is 2.25. The number of oxazole rings is 1. The molecule has 0 N–H and O–H groups in total. The van der Waals surface area contributed by atoms with E-state index in [1.165, 1.54) is 18.0 Å². The molecular weight excluding hydrogens is 288 g/mol. The molecule has 0 saturated heterocycles. The van der Waals surface area contributed by atoms with Crippen LogP contribution in [0.3, 0.4) is 0 Å². The predicted molar refractivity (Wildman–Crippen MR) is 57.6 cm³/mol. The predicted octanol–water partition coefficient (Wildman–Crippen LogP) is 3.64. The summed E-state index contributed by atoms with van der Waals surface area (Å²) in [5, 5.41) is 1.78. The van der Waals surface area contributed by atoms with E-state index in [0.29, 0.717) is 15.3 Å². The van der Waals surface area contributed by atoms with Gasteiger partial charge in [0.15, 0.2) is 0 Å². The zero-order valence-electron chi connectivity index (χ0n) is 6.78. The molecule has 0 fully saturated rings. The highest BCUT2D eigenvalue weighted by atomic mass is 79.9. The summed E-state index contributed by atoms with van der Waals surface area (Å²) in [6.45, 7) is 0. The van der Waals surface area contributed by atoms with Crippen molar-refractivity contribution in [2.75, 3.05) is 0 Å². The molecule has 0 aliphatic heterocycles. The van der Waals surface area contributed by atoms with E-state index in [9.17, 15) is 0 Å². The maximum Gasteiger partial charge on any atom is 0.262 e. The summed E-state index contributed by atoms with van der Waals surface area (Å²) in [7, 11) is 0. The molecule has 0 amide bonds. The molecule has 2 aromatic rings. The van der Waals surface area contributed by atoms with Gasteiger partial charge in [-0.15, -0.1) is 0 Å². The summed E-state index contributed by atoms with van der Waals surface area (Å²) in [5.41, 5.74) is 0. The molecule has 0 aromatic carbocycles. The maximum atomic E-state index is 5.96. The van der Waals surface area contributed by atoms with Crippen LogP contribution in [0.25, 0.3) is 0 Å². The van der Waals surface area contributed by atoms with Gasteiger partial charge in [-0.05, 0) is 33.8 Å². The Labute approximate surface area is 98.0 Å². The molecule has 0 radical (unpaired) electrons. The van der Waals surface area contributed by atoms with Gasteiger partial charge < -0.3 is 4.42 Å². The molecule has 3 nitrogen and oxygen atoms in total. The molecule has 0 spiro atoms. The summed E-state index contributed by atoms with van der Waals surface area (Å²) < 4.78 is 5.91. The Kier molecular flexibility index (Phi) is 3.10. The lowest BCUT2D eigenvalue weighted by Crippen LogP contribution is -1.81. The first kappa shape index (κ1) is 10.0. The molecule has 6 heteroatoms. The van der Waals surface area contributed by atoms with Gasteiger partial charge in [0.1, 0.15) is 11.3 Å². The van der Waals surface area contributed by atoms with Crippen LogP contribution in [0.15, 0.2) is 43.9 Å². The van der Waals surface area contributed by atoms with Crippen LogP contribution in [0.4, 0.5) is 0 Å². The fourth-order valence-electron chi connectivity index (χ4n) is 0.821. The van der Waals surface area contributed by atoms with Crippen molar-refractivity contribution in [1.82, 2.24) is 9.97 Å². The van der Waals surface area contributed by atoms with Crippen LogP contribution in [-0.4, -0.2) is 9.97 Å². The lowest BCUT2D eigenvalue weighted by atomic mass is 10.5. The van der Waals surface area contributed by atoms with E-state index in [1.807, 2.05) is 0 Å². The lowest BCUT2D eigenvalue weighted by Gasteiger charge is -1.99. The molecule has 0 bridgehead atoms.